The Morgan fingerprint density at radius 2 is 1.80 bits per heavy atom. The van der Waals surface area contributed by atoms with Gasteiger partial charge < -0.3 is 5.32 Å². The maximum Gasteiger partial charge on any atom is 0.0375 e. The van der Waals surface area contributed by atoms with E-state index in [0.717, 1.165) is 6.54 Å². The number of rotatable bonds is 5. The van der Waals surface area contributed by atoms with Crippen LogP contribution in [0.4, 0.5) is 5.69 Å². The highest BCUT2D eigenvalue weighted by atomic mass is 14.9. The van der Waals surface area contributed by atoms with Crippen molar-refractivity contribution >= 4 is 5.69 Å². The van der Waals surface area contributed by atoms with Gasteiger partial charge in [-0.3, -0.25) is 0 Å². The summed E-state index contributed by atoms with van der Waals surface area (Å²) in [4.78, 5) is 0. The van der Waals surface area contributed by atoms with Crippen LogP contribution in [0.25, 0.3) is 0 Å². The summed E-state index contributed by atoms with van der Waals surface area (Å²) in [6.07, 6.45) is 3.87. The van der Waals surface area contributed by atoms with E-state index in [0.29, 0.717) is 0 Å². The van der Waals surface area contributed by atoms with Gasteiger partial charge in [-0.05, 0) is 49.9 Å². The summed E-state index contributed by atoms with van der Waals surface area (Å²) in [6, 6.07) is 4.49. The first-order valence-electron chi connectivity index (χ1n) is 5.97. The minimum atomic E-state index is 1.09. The van der Waals surface area contributed by atoms with Crippen molar-refractivity contribution in [2.45, 2.75) is 47.0 Å². The zero-order valence-corrected chi connectivity index (χ0v) is 10.5. The summed E-state index contributed by atoms with van der Waals surface area (Å²) < 4.78 is 0. The number of hydrogen-bond acceptors (Lipinski definition) is 1. The van der Waals surface area contributed by atoms with Crippen LogP contribution in [0.5, 0.6) is 0 Å². The highest BCUT2D eigenvalue weighted by Crippen LogP contribution is 2.20. The summed E-state index contributed by atoms with van der Waals surface area (Å²) in [6.45, 7) is 9.86. The third kappa shape index (κ3) is 3.58. The first-order chi connectivity index (χ1) is 7.15. The van der Waals surface area contributed by atoms with E-state index in [4.69, 9.17) is 0 Å². The highest BCUT2D eigenvalue weighted by Gasteiger charge is 2.01. The van der Waals surface area contributed by atoms with Gasteiger partial charge in [0.15, 0.2) is 0 Å². The molecule has 0 heterocycles. The Bertz CT molecular complexity index is 315. The van der Waals surface area contributed by atoms with E-state index in [2.05, 4.69) is 45.1 Å². The van der Waals surface area contributed by atoms with E-state index in [1.807, 2.05) is 0 Å². The van der Waals surface area contributed by atoms with Gasteiger partial charge >= 0.3 is 0 Å². The normalized spacial score (nSPS) is 10.4. The molecule has 0 aromatic heterocycles. The van der Waals surface area contributed by atoms with Gasteiger partial charge in [-0.15, -0.1) is 0 Å². The molecule has 0 atom stereocenters. The number of aryl methyl sites for hydroxylation is 2. The Morgan fingerprint density at radius 3 is 2.47 bits per heavy atom. The molecule has 0 amide bonds. The largest absolute Gasteiger partial charge is 0.385 e. The SMILES string of the molecule is CCCCCNc1cc(C)cc(C)c1C. The van der Waals surface area contributed by atoms with Gasteiger partial charge in [-0.2, -0.15) is 0 Å². The molecular formula is C14H23N. The molecule has 0 saturated carbocycles. The first kappa shape index (κ1) is 12.1. The number of anilines is 1. The van der Waals surface area contributed by atoms with Crippen LogP contribution in [-0.4, -0.2) is 6.54 Å². The van der Waals surface area contributed by atoms with Crippen molar-refractivity contribution in [2.24, 2.45) is 0 Å². The molecule has 0 spiro atoms. The fourth-order valence-electron chi connectivity index (χ4n) is 1.82. The van der Waals surface area contributed by atoms with Gasteiger partial charge in [0.2, 0.25) is 0 Å². The average molecular weight is 205 g/mol. The van der Waals surface area contributed by atoms with E-state index in [1.165, 1.54) is 41.6 Å². The molecular weight excluding hydrogens is 182 g/mol. The predicted molar refractivity (Wildman–Crippen MR) is 68.7 cm³/mol. The van der Waals surface area contributed by atoms with Crippen molar-refractivity contribution in [3.8, 4) is 0 Å². The molecule has 84 valence electrons. The quantitative estimate of drug-likeness (QED) is 0.710. The second-order valence-electron chi connectivity index (χ2n) is 4.39. The van der Waals surface area contributed by atoms with Crippen LogP contribution < -0.4 is 5.32 Å². The van der Waals surface area contributed by atoms with E-state index in [9.17, 15) is 0 Å². The maximum atomic E-state index is 3.53. The van der Waals surface area contributed by atoms with E-state index < -0.39 is 0 Å². The topological polar surface area (TPSA) is 12.0 Å². The van der Waals surface area contributed by atoms with Gasteiger partial charge in [-0.1, -0.05) is 25.8 Å². The van der Waals surface area contributed by atoms with Gasteiger partial charge in [0.05, 0.1) is 0 Å². The second kappa shape index (κ2) is 5.79. The van der Waals surface area contributed by atoms with Crippen LogP contribution in [0.2, 0.25) is 0 Å². The third-order valence-corrected chi connectivity index (χ3v) is 2.91. The summed E-state index contributed by atoms with van der Waals surface area (Å²) in [5.74, 6) is 0. The molecule has 0 aliphatic rings. The standard InChI is InChI=1S/C14H23N/c1-5-6-7-8-15-14-10-11(2)9-12(3)13(14)4/h9-10,15H,5-8H2,1-4H3. The summed E-state index contributed by atoms with van der Waals surface area (Å²) in [5, 5.41) is 3.53. The van der Waals surface area contributed by atoms with Crippen molar-refractivity contribution < 1.29 is 0 Å². The molecule has 1 aromatic rings. The van der Waals surface area contributed by atoms with Crippen molar-refractivity contribution in [2.75, 3.05) is 11.9 Å². The molecule has 1 heteroatoms. The van der Waals surface area contributed by atoms with Crippen LogP contribution in [0.3, 0.4) is 0 Å². The van der Waals surface area contributed by atoms with Crippen molar-refractivity contribution in [1.29, 1.82) is 0 Å². The zero-order chi connectivity index (χ0) is 11.3. The van der Waals surface area contributed by atoms with Gasteiger partial charge in [0, 0.05) is 12.2 Å². The predicted octanol–water partition coefficient (Wildman–Crippen LogP) is 4.21. The fourth-order valence-corrected chi connectivity index (χ4v) is 1.82. The van der Waals surface area contributed by atoms with Gasteiger partial charge in [-0.25, -0.2) is 0 Å². The molecule has 1 nitrogen and oxygen atoms in total. The number of unbranched alkanes of at least 4 members (excludes halogenated alkanes) is 2. The molecule has 1 aromatic carbocycles. The Labute approximate surface area is 93.9 Å². The summed E-state index contributed by atoms with van der Waals surface area (Å²) >= 11 is 0. The Morgan fingerprint density at radius 1 is 1.07 bits per heavy atom. The lowest BCUT2D eigenvalue weighted by atomic mass is 10.0. The Balaban J connectivity index is 2.60. The molecule has 0 radical (unpaired) electrons. The van der Waals surface area contributed by atoms with E-state index >= 15 is 0 Å². The monoisotopic (exact) mass is 205 g/mol. The zero-order valence-electron chi connectivity index (χ0n) is 10.5. The minimum Gasteiger partial charge on any atom is -0.385 e. The summed E-state index contributed by atoms with van der Waals surface area (Å²) in [5.41, 5.74) is 5.42. The lowest BCUT2D eigenvalue weighted by molar-refractivity contribution is 0.743. The van der Waals surface area contributed by atoms with Crippen LogP contribution >= 0.6 is 0 Å². The van der Waals surface area contributed by atoms with Crippen LogP contribution in [0.1, 0.15) is 42.9 Å². The first-order valence-corrected chi connectivity index (χ1v) is 5.97. The maximum absolute atomic E-state index is 3.53. The van der Waals surface area contributed by atoms with Crippen LogP contribution in [0.15, 0.2) is 12.1 Å². The minimum absolute atomic E-state index is 1.09. The molecule has 0 fully saturated rings. The Kier molecular flexibility index (Phi) is 4.67. The van der Waals surface area contributed by atoms with E-state index in [1.54, 1.807) is 0 Å². The third-order valence-electron chi connectivity index (χ3n) is 2.91. The average Bonchev–Trinajstić information content (AvgIpc) is 2.19. The lowest BCUT2D eigenvalue weighted by Crippen LogP contribution is -2.04. The molecule has 1 rings (SSSR count). The highest BCUT2D eigenvalue weighted by molar-refractivity contribution is 5.55. The fraction of sp³-hybridized carbons (Fsp3) is 0.571. The molecule has 0 saturated heterocycles. The van der Waals surface area contributed by atoms with Gasteiger partial charge in [0.25, 0.3) is 0 Å². The number of hydrogen-bond donors (Lipinski definition) is 1. The second-order valence-corrected chi connectivity index (χ2v) is 4.39. The molecule has 0 aliphatic carbocycles. The summed E-state index contributed by atoms with van der Waals surface area (Å²) in [7, 11) is 0. The molecule has 0 aliphatic heterocycles. The smallest absolute Gasteiger partial charge is 0.0375 e. The lowest BCUT2D eigenvalue weighted by Gasteiger charge is -2.12. The molecule has 15 heavy (non-hydrogen) atoms. The Hall–Kier alpha value is -0.980. The van der Waals surface area contributed by atoms with Crippen molar-refractivity contribution in [3.63, 3.8) is 0 Å². The van der Waals surface area contributed by atoms with Crippen molar-refractivity contribution in [1.82, 2.24) is 0 Å². The van der Waals surface area contributed by atoms with Crippen LogP contribution in [0, 0.1) is 20.8 Å². The van der Waals surface area contributed by atoms with Gasteiger partial charge in [0.1, 0.15) is 0 Å². The molecule has 0 bridgehead atoms. The number of nitrogens with one attached hydrogen (secondary N) is 1. The van der Waals surface area contributed by atoms with Crippen molar-refractivity contribution in [3.05, 3.63) is 28.8 Å². The molecule has 1 N–H and O–H groups in total. The molecule has 0 unspecified atom stereocenters. The van der Waals surface area contributed by atoms with Crippen LogP contribution in [-0.2, 0) is 0 Å². The number of benzene rings is 1. The van der Waals surface area contributed by atoms with E-state index in [-0.39, 0.29) is 0 Å².